The third-order valence-electron chi connectivity index (χ3n) is 5.02. The topological polar surface area (TPSA) is 95.1 Å². The van der Waals surface area contributed by atoms with Crippen molar-refractivity contribution in [2.24, 2.45) is 0 Å². The molecule has 30 heavy (non-hydrogen) atoms. The van der Waals surface area contributed by atoms with Gasteiger partial charge >= 0.3 is 6.03 Å². The van der Waals surface area contributed by atoms with Gasteiger partial charge < -0.3 is 24.6 Å². The second-order valence-electron chi connectivity index (χ2n) is 7.22. The number of hydrogen-bond acceptors (Lipinski definition) is 8. The average molecular weight is 418 g/mol. The summed E-state index contributed by atoms with van der Waals surface area (Å²) in [4.78, 5) is 25.3. The number of urea groups is 1. The minimum Gasteiger partial charge on any atom is -0.491 e. The minimum absolute atomic E-state index is 0.217. The molecule has 2 aliphatic heterocycles. The van der Waals surface area contributed by atoms with Gasteiger partial charge in [-0.2, -0.15) is 0 Å². The van der Waals surface area contributed by atoms with E-state index in [9.17, 15) is 4.79 Å². The smallest absolute Gasteiger partial charge is 0.329 e. The Labute approximate surface area is 177 Å². The van der Waals surface area contributed by atoms with Gasteiger partial charge in [-0.05, 0) is 7.05 Å². The lowest BCUT2D eigenvalue weighted by Gasteiger charge is -2.32. The molecule has 10 nitrogen and oxygen atoms in total. The second kappa shape index (κ2) is 10.9. The number of nitrogens with one attached hydrogen (secondary N) is 2. The molecule has 2 saturated heterocycles. The number of likely N-dealkylation sites (N-methyl/N-ethyl adjacent to an activating group) is 1. The van der Waals surface area contributed by atoms with Gasteiger partial charge in [0, 0.05) is 51.4 Å². The van der Waals surface area contributed by atoms with Gasteiger partial charge in [0.2, 0.25) is 0 Å². The fraction of sp³-hybridized carbons (Fsp3) is 0.550. The fourth-order valence-electron chi connectivity index (χ4n) is 3.19. The molecule has 0 unspecified atom stereocenters. The van der Waals surface area contributed by atoms with Crippen LogP contribution in [-0.2, 0) is 4.74 Å². The highest BCUT2D eigenvalue weighted by Gasteiger charge is 2.19. The highest BCUT2D eigenvalue weighted by atomic mass is 16.5. The van der Waals surface area contributed by atoms with Crippen LogP contribution in [0.15, 0.2) is 24.9 Å². The van der Waals surface area contributed by atoms with Crippen molar-refractivity contribution in [2.75, 3.05) is 78.1 Å². The van der Waals surface area contributed by atoms with Crippen molar-refractivity contribution in [1.29, 1.82) is 0 Å². The Hall–Kier alpha value is -2.69. The second-order valence-corrected chi connectivity index (χ2v) is 7.22. The van der Waals surface area contributed by atoms with Gasteiger partial charge in [-0.3, -0.25) is 5.43 Å². The summed E-state index contributed by atoms with van der Waals surface area (Å²) in [6.07, 6.45) is 5.29. The van der Waals surface area contributed by atoms with Gasteiger partial charge in [-0.1, -0.05) is 18.7 Å². The van der Waals surface area contributed by atoms with Gasteiger partial charge in [-0.25, -0.2) is 19.8 Å². The number of piperazine rings is 1. The maximum atomic E-state index is 12.0. The summed E-state index contributed by atoms with van der Waals surface area (Å²) in [7, 11) is 3.68. The predicted molar refractivity (Wildman–Crippen MR) is 115 cm³/mol. The zero-order chi connectivity index (χ0) is 21.3. The normalized spacial score (nSPS) is 18.4. The lowest BCUT2D eigenvalue weighted by Crippen LogP contribution is -2.54. The number of allylic oxidation sites excluding steroid dienone is 2. The Balaban J connectivity index is 1.50. The van der Waals surface area contributed by atoms with E-state index in [2.05, 4.69) is 44.1 Å². The summed E-state index contributed by atoms with van der Waals surface area (Å²) >= 11 is 0. The molecule has 0 saturated carbocycles. The Morgan fingerprint density at radius 3 is 2.70 bits per heavy atom. The maximum Gasteiger partial charge on any atom is 0.329 e. The van der Waals surface area contributed by atoms with E-state index in [1.807, 2.05) is 11.1 Å². The van der Waals surface area contributed by atoms with Crippen molar-refractivity contribution >= 4 is 17.4 Å². The minimum atomic E-state index is -0.217. The molecule has 3 heterocycles. The number of hydrogen-bond donors (Lipinski definition) is 2. The Bertz CT molecular complexity index is 757. The first-order chi connectivity index (χ1) is 14.6. The fourth-order valence-corrected chi connectivity index (χ4v) is 3.19. The lowest BCUT2D eigenvalue weighted by atomic mass is 10.2. The van der Waals surface area contributed by atoms with Crippen molar-refractivity contribution in [3.05, 3.63) is 30.8 Å². The summed E-state index contributed by atoms with van der Waals surface area (Å²) in [5.41, 5.74) is 3.52. The largest absolute Gasteiger partial charge is 0.491 e. The van der Waals surface area contributed by atoms with Crippen LogP contribution in [-0.4, -0.2) is 99.1 Å². The van der Waals surface area contributed by atoms with E-state index >= 15 is 0 Å². The molecule has 164 valence electrons. The van der Waals surface area contributed by atoms with Gasteiger partial charge in [0.1, 0.15) is 0 Å². The van der Waals surface area contributed by atoms with E-state index in [4.69, 9.17) is 9.47 Å². The van der Waals surface area contributed by atoms with Crippen molar-refractivity contribution in [1.82, 2.24) is 30.6 Å². The van der Waals surface area contributed by atoms with Crippen LogP contribution < -0.4 is 20.4 Å². The van der Waals surface area contributed by atoms with Crippen molar-refractivity contribution in [3.8, 4) is 5.75 Å². The van der Waals surface area contributed by atoms with E-state index in [1.165, 1.54) is 0 Å². The molecule has 1 aromatic heterocycles. The Morgan fingerprint density at radius 2 is 2.00 bits per heavy atom. The molecule has 0 radical (unpaired) electrons. The number of carbonyl (C=O) groups is 1. The molecule has 0 bridgehead atoms. The highest BCUT2D eigenvalue weighted by molar-refractivity contribution is 5.74. The molecule has 3 rings (SSSR count). The van der Waals surface area contributed by atoms with Gasteiger partial charge in [-0.15, -0.1) is 0 Å². The molecular formula is C20H31N7O3. The van der Waals surface area contributed by atoms with Crippen LogP contribution in [0.3, 0.4) is 0 Å². The first-order valence-electron chi connectivity index (χ1n) is 10.1. The van der Waals surface area contributed by atoms with Crippen molar-refractivity contribution in [3.63, 3.8) is 0 Å². The number of methoxy groups -OCH3 is 1. The van der Waals surface area contributed by atoms with Crippen molar-refractivity contribution < 1.29 is 14.3 Å². The summed E-state index contributed by atoms with van der Waals surface area (Å²) in [6.45, 7) is 10.8. The maximum absolute atomic E-state index is 12.0. The van der Waals surface area contributed by atoms with Gasteiger partial charge in [0.25, 0.3) is 0 Å². The predicted octanol–water partition coefficient (Wildman–Crippen LogP) is 0.353. The van der Waals surface area contributed by atoms with E-state index < -0.39 is 0 Å². The standard InChI is InChI=1S/C20H31N7O3/c1-16(5-4-6-21-20(28)24-27-9-7-25(2)8-10-27)18-22-15-17(29-3)19(23-18)26-11-13-30-14-12-26/h4-5,15H,1,6-14H2,2-3H3,(H2,21,24,28). The summed E-state index contributed by atoms with van der Waals surface area (Å²) in [5, 5.41) is 4.74. The van der Waals surface area contributed by atoms with E-state index in [1.54, 1.807) is 19.4 Å². The first kappa shape index (κ1) is 22.0. The molecule has 0 atom stereocenters. The molecular weight excluding hydrogens is 386 g/mol. The number of anilines is 1. The number of amides is 2. The third kappa shape index (κ3) is 6.15. The van der Waals surface area contributed by atoms with Crippen LogP contribution in [0.5, 0.6) is 5.75 Å². The lowest BCUT2D eigenvalue weighted by molar-refractivity contribution is 0.113. The number of morpholine rings is 1. The molecule has 0 aromatic carbocycles. The van der Waals surface area contributed by atoms with E-state index in [0.717, 1.165) is 45.1 Å². The van der Waals surface area contributed by atoms with Crippen LogP contribution in [0.1, 0.15) is 5.82 Å². The van der Waals surface area contributed by atoms with Crippen LogP contribution >= 0.6 is 0 Å². The third-order valence-corrected chi connectivity index (χ3v) is 5.02. The number of aromatic nitrogens is 2. The Morgan fingerprint density at radius 1 is 1.27 bits per heavy atom. The SMILES string of the molecule is C=C(C=CCNC(=O)NN1CCN(C)CC1)c1ncc(OC)c(N2CCOCC2)n1. The van der Waals surface area contributed by atoms with Gasteiger partial charge in [0.15, 0.2) is 17.4 Å². The molecule has 0 aliphatic carbocycles. The average Bonchev–Trinajstić information content (AvgIpc) is 2.78. The highest BCUT2D eigenvalue weighted by Crippen LogP contribution is 2.27. The number of nitrogens with zero attached hydrogens (tertiary/aromatic N) is 5. The molecule has 2 aliphatic rings. The number of ether oxygens (including phenoxy) is 2. The number of hydrazine groups is 1. The number of rotatable bonds is 7. The summed E-state index contributed by atoms with van der Waals surface area (Å²) in [5.74, 6) is 1.89. The monoisotopic (exact) mass is 417 g/mol. The molecule has 2 amide bonds. The summed E-state index contributed by atoms with van der Waals surface area (Å²) in [6, 6.07) is -0.217. The van der Waals surface area contributed by atoms with Gasteiger partial charge in [0.05, 0.1) is 26.5 Å². The molecule has 10 heteroatoms. The quantitative estimate of drug-likeness (QED) is 0.614. The molecule has 0 spiro atoms. The molecule has 2 N–H and O–H groups in total. The van der Waals surface area contributed by atoms with E-state index in [0.29, 0.717) is 36.9 Å². The molecule has 2 fully saturated rings. The number of carbonyl (C=O) groups excluding carboxylic acids is 1. The first-order valence-corrected chi connectivity index (χ1v) is 10.1. The van der Waals surface area contributed by atoms with Crippen LogP contribution in [0, 0.1) is 0 Å². The molecule has 1 aromatic rings. The van der Waals surface area contributed by atoms with Crippen LogP contribution in [0.25, 0.3) is 5.57 Å². The van der Waals surface area contributed by atoms with Crippen molar-refractivity contribution in [2.45, 2.75) is 0 Å². The van der Waals surface area contributed by atoms with Crippen LogP contribution in [0.4, 0.5) is 10.6 Å². The van der Waals surface area contributed by atoms with E-state index in [-0.39, 0.29) is 6.03 Å². The van der Waals surface area contributed by atoms with Crippen LogP contribution in [0.2, 0.25) is 0 Å². The zero-order valence-electron chi connectivity index (χ0n) is 17.8. The zero-order valence-corrected chi connectivity index (χ0v) is 17.8. The summed E-state index contributed by atoms with van der Waals surface area (Å²) < 4.78 is 10.8. The Kier molecular flexibility index (Phi) is 8.00.